The van der Waals surface area contributed by atoms with E-state index in [0.29, 0.717) is 12.0 Å². The van der Waals surface area contributed by atoms with Crippen LogP contribution in [-0.2, 0) is 6.42 Å². The molecule has 0 aromatic carbocycles. The molecule has 1 saturated heterocycles. The van der Waals surface area contributed by atoms with Crippen LogP contribution >= 0.6 is 11.3 Å². The monoisotopic (exact) mass is 358 g/mol. The van der Waals surface area contributed by atoms with Gasteiger partial charge in [-0.15, -0.1) is 11.3 Å². The minimum atomic E-state index is 0.152. The quantitative estimate of drug-likeness (QED) is 0.895. The normalized spacial score (nSPS) is 21.4. The first-order valence-electron chi connectivity index (χ1n) is 8.75. The van der Waals surface area contributed by atoms with Crippen molar-refractivity contribution in [2.24, 2.45) is 0 Å². The number of Topliss-reactive ketones (excluding diaryl/α,β-unsaturated/α-hetero) is 1. The van der Waals surface area contributed by atoms with Crippen LogP contribution in [0.3, 0.4) is 0 Å². The van der Waals surface area contributed by atoms with E-state index in [2.05, 4.69) is 26.2 Å². The highest BCUT2D eigenvalue weighted by atomic mass is 32.1. The molecule has 0 amide bonds. The number of thiophene rings is 1. The lowest BCUT2D eigenvalue weighted by atomic mass is 9.86. The van der Waals surface area contributed by atoms with Crippen LogP contribution in [0.2, 0.25) is 0 Å². The van der Waals surface area contributed by atoms with Gasteiger partial charge in [0.25, 0.3) is 0 Å². The van der Waals surface area contributed by atoms with Gasteiger partial charge in [-0.05, 0) is 17.9 Å². The molecule has 0 saturated carbocycles. The van der Waals surface area contributed by atoms with E-state index in [-0.39, 0.29) is 18.3 Å². The van der Waals surface area contributed by atoms with Crippen LogP contribution in [0, 0.1) is 0 Å². The summed E-state index contributed by atoms with van der Waals surface area (Å²) < 4.78 is 0. The number of aliphatic hydroxyl groups excluding tert-OH is 1. The fourth-order valence-corrected chi connectivity index (χ4v) is 4.45. The number of nitrogens with zero attached hydrogens (tertiary/aromatic N) is 4. The van der Waals surface area contributed by atoms with E-state index in [4.69, 9.17) is 10.1 Å². The number of fused-ring (bicyclic) bond motifs is 1. The predicted molar refractivity (Wildman–Crippen MR) is 97.5 cm³/mol. The Morgan fingerprint density at radius 2 is 2.08 bits per heavy atom. The summed E-state index contributed by atoms with van der Waals surface area (Å²) in [5, 5.41) is 11.1. The standard InChI is InChI=1S/C18H22N4O2S/c23-8-7-21-3-5-22(6-4-21)18-19-12-14-15(20-18)10-13(11-16(14)24)17-2-1-9-25-17/h1-2,9,12-13,23H,3-8,10-11H2/t13-/m0/s1. The molecule has 1 aliphatic heterocycles. The zero-order valence-electron chi connectivity index (χ0n) is 14.1. The molecule has 1 fully saturated rings. The first-order valence-corrected chi connectivity index (χ1v) is 9.63. The minimum Gasteiger partial charge on any atom is -0.395 e. The minimum absolute atomic E-state index is 0.152. The molecular weight excluding hydrogens is 336 g/mol. The van der Waals surface area contributed by atoms with Gasteiger partial charge >= 0.3 is 0 Å². The molecule has 0 spiro atoms. The second kappa shape index (κ2) is 7.19. The van der Waals surface area contributed by atoms with Gasteiger partial charge in [0, 0.05) is 56.1 Å². The van der Waals surface area contributed by atoms with Crippen molar-refractivity contribution in [1.29, 1.82) is 0 Å². The number of rotatable bonds is 4. The number of hydrogen-bond acceptors (Lipinski definition) is 7. The summed E-state index contributed by atoms with van der Waals surface area (Å²) in [6.45, 7) is 4.41. The number of aliphatic hydroxyl groups is 1. The van der Waals surface area contributed by atoms with Crippen molar-refractivity contribution in [3.05, 3.63) is 39.8 Å². The van der Waals surface area contributed by atoms with Crippen LogP contribution in [0.5, 0.6) is 0 Å². The number of β-amino-alcohol motifs (C(OH)–C–C–N with tert-alkyl or cyclic N) is 1. The number of carbonyl (C=O) groups is 1. The molecule has 25 heavy (non-hydrogen) atoms. The van der Waals surface area contributed by atoms with Crippen molar-refractivity contribution in [2.45, 2.75) is 18.8 Å². The second-order valence-corrected chi connectivity index (χ2v) is 7.61. The van der Waals surface area contributed by atoms with E-state index >= 15 is 0 Å². The zero-order chi connectivity index (χ0) is 17.2. The first-order chi connectivity index (χ1) is 12.2. The molecule has 0 bridgehead atoms. The molecule has 1 aliphatic carbocycles. The Labute approximate surface area is 151 Å². The third-order valence-electron chi connectivity index (χ3n) is 5.04. The van der Waals surface area contributed by atoms with Crippen molar-refractivity contribution >= 4 is 23.1 Å². The molecule has 6 nitrogen and oxygen atoms in total. The number of anilines is 1. The lowest BCUT2D eigenvalue weighted by Gasteiger charge is -2.34. The van der Waals surface area contributed by atoms with E-state index in [1.54, 1.807) is 17.5 Å². The number of ketones is 1. The van der Waals surface area contributed by atoms with E-state index in [9.17, 15) is 4.79 Å². The highest BCUT2D eigenvalue weighted by Gasteiger charge is 2.29. The Kier molecular flexibility index (Phi) is 4.78. The number of hydrogen-bond donors (Lipinski definition) is 1. The molecule has 2 aromatic heterocycles. The molecule has 1 atom stereocenters. The number of piperazine rings is 1. The number of aromatic nitrogens is 2. The maximum atomic E-state index is 12.5. The summed E-state index contributed by atoms with van der Waals surface area (Å²) in [7, 11) is 0. The van der Waals surface area contributed by atoms with Crippen LogP contribution in [0.4, 0.5) is 5.95 Å². The Morgan fingerprint density at radius 1 is 1.24 bits per heavy atom. The van der Waals surface area contributed by atoms with Crippen LogP contribution in [0.25, 0.3) is 0 Å². The van der Waals surface area contributed by atoms with E-state index in [0.717, 1.165) is 50.8 Å². The summed E-state index contributed by atoms with van der Waals surface area (Å²) in [5.41, 5.74) is 1.58. The molecule has 7 heteroatoms. The summed E-state index contributed by atoms with van der Waals surface area (Å²) in [4.78, 5) is 27.4. The van der Waals surface area contributed by atoms with Gasteiger partial charge in [0.05, 0.1) is 17.9 Å². The van der Waals surface area contributed by atoms with Gasteiger partial charge in [0.15, 0.2) is 5.78 Å². The fourth-order valence-electron chi connectivity index (χ4n) is 3.62. The summed E-state index contributed by atoms with van der Waals surface area (Å²) in [6.07, 6.45) is 3.07. The smallest absolute Gasteiger partial charge is 0.225 e. The van der Waals surface area contributed by atoms with Gasteiger partial charge in [-0.2, -0.15) is 0 Å². The molecule has 1 N–H and O–H groups in total. The topological polar surface area (TPSA) is 69.6 Å². The Hall–Kier alpha value is -1.83. The average Bonchev–Trinajstić information content (AvgIpc) is 3.17. The van der Waals surface area contributed by atoms with Gasteiger partial charge in [-0.3, -0.25) is 9.69 Å². The van der Waals surface area contributed by atoms with Crippen molar-refractivity contribution in [3.63, 3.8) is 0 Å². The molecule has 0 radical (unpaired) electrons. The summed E-state index contributed by atoms with van der Waals surface area (Å²) in [5.74, 6) is 1.12. The van der Waals surface area contributed by atoms with Gasteiger partial charge < -0.3 is 10.0 Å². The highest BCUT2D eigenvalue weighted by Crippen LogP contribution is 2.34. The Morgan fingerprint density at radius 3 is 2.80 bits per heavy atom. The third kappa shape index (κ3) is 3.44. The van der Waals surface area contributed by atoms with Crippen molar-refractivity contribution in [3.8, 4) is 0 Å². The molecule has 3 heterocycles. The molecule has 132 valence electrons. The molecular formula is C18H22N4O2S. The summed E-state index contributed by atoms with van der Waals surface area (Å²) in [6, 6.07) is 4.15. The first kappa shape index (κ1) is 16.6. The third-order valence-corrected chi connectivity index (χ3v) is 6.08. The van der Waals surface area contributed by atoms with Crippen LogP contribution < -0.4 is 4.90 Å². The Bertz CT molecular complexity index is 742. The van der Waals surface area contributed by atoms with Gasteiger partial charge in [-0.1, -0.05) is 6.07 Å². The molecule has 2 aromatic rings. The molecule has 2 aliphatic rings. The van der Waals surface area contributed by atoms with Crippen molar-refractivity contribution in [1.82, 2.24) is 14.9 Å². The predicted octanol–water partition coefficient (Wildman–Crippen LogP) is 1.57. The fraction of sp³-hybridized carbons (Fsp3) is 0.500. The van der Waals surface area contributed by atoms with Crippen LogP contribution in [0.1, 0.15) is 33.3 Å². The maximum Gasteiger partial charge on any atom is 0.225 e. The van der Waals surface area contributed by atoms with Gasteiger partial charge in [0.1, 0.15) is 0 Å². The average molecular weight is 358 g/mol. The lowest BCUT2D eigenvalue weighted by molar-refractivity contribution is 0.0963. The van der Waals surface area contributed by atoms with E-state index < -0.39 is 0 Å². The van der Waals surface area contributed by atoms with Gasteiger partial charge in [0.2, 0.25) is 5.95 Å². The molecule has 4 rings (SSSR count). The SMILES string of the molecule is O=C1C[C@@H](c2cccs2)Cc2nc(N3CCN(CCO)CC3)ncc21. The molecule has 0 unspecified atom stereocenters. The van der Waals surface area contributed by atoms with Crippen molar-refractivity contribution in [2.75, 3.05) is 44.2 Å². The van der Waals surface area contributed by atoms with Crippen LogP contribution in [-0.4, -0.2) is 65.1 Å². The van der Waals surface area contributed by atoms with E-state index in [1.807, 2.05) is 6.07 Å². The highest BCUT2D eigenvalue weighted by molar-refractivity contribution is 7.10. The lowest BCUT2D eigenvalue weighted by Crippen LogP contribution is -2.47. The maximum absolute atomic E-state index is 12.5. The van der Waals surface area contributed by atoms with Crippen LogP contribution in [0.15, 0.2) is 23.7 Å². The summed E-state index contributed by atoms with van der Waals surface area (Å²) >= 11 is 1.71. The largest absolute Gasteiger partial charge is 0.395 e. The number of carbonyl (C=O) groups excluding carboxylic acids is 1. The van der Waals surface area contributed by atoms with Crippen molar-refractivity contribution < 1.29 is 9.90 Å². The zero-order valence-corrected chi connectivity index (χ0v) is 14.9. The second-order valence-electron chi connectivity index (χ2n) is 6.63. The Balaban J connectivity index is 1.52. The van der Waals surface area contributed by atoms with E-state index in [1.165, 1.54) is 4.88 Å². The van der Waals surface area contributed by atoms with Gasteiger partial charge in [-0.25, -0.2) is 9.97 Å².